The monoisotopic (exact) mass is 392 g/mol. The standard InChI is InChI=1S/C22H32O6/c1-11-13-5-6-14-21(10-28-12(2)23)15(20(3,4)8-7-16(21)24)9-17(25)22(14,18(11)26)19(13)27/h13-17,19,24-25,27H,1,5-10H2,2-4H3/t13-,14-,15+,16?,17?,19+,21?,22-/m0/s1. The number of rotatable bonds is 2. The molecule has 0 radical (unpaired) electrons. The lowest BCUT2D eigenvalue weighted by molar-refractivity contribution is -0.268. The van der Waals surface area contributed by atoms with Gasteiger partial charge in [-0.25, -0.2) is 0 Å². The molecule has 3 unspecified atom stereocenters. The van der Waals surface area contributed by atoms with Crippen LogP contribution in [0.2, 0.25) is 0 Å². The molecule has 0 aromatic heterocycles. The molecule has 0 amide bonds. The van der Waals surface area contributed by atoms with Crippen molar-refractivity contribution in [3.8, 4) is 0 Å². The predicted molar refractivity (Wildman–Crippen MR) is 101 cm³/mol. The molecule has 8 atom stereocenters. The van der Waals surface area contributed by atoms with Crippen LogP contribution in [-0.2, 0) is 14.3 Å². The Morgan fingerprint density at radius 2 is 1.82 bits per heavy atom. The van der Waals surface area contributed by atoms with E-state index in [0.717, 1.165) is 6.42 Å². The number of aliphatic hydroxyl groups excluding tert-OH is 3. The summed E-state index contributed by atoms with van der Waals surface area (Å²) in [4.78, 5) is 25.1. The second kappa shape index (κ2) is 6.13. The SMILES string of the molecule is C=C1C(=O)[C@@]23C(O)C[C@@H]4C(C)(C)CCC(O)C4(COC(C)=O)[C@@H]2CC[C@@H]1[C@H]3O. The molecule has 1 spiro atoms. The van der Waals surface area contributed by atoms with Crippen LogP contribution in [0.15, 0.2) is 12.2 Å². The van der Waals surface area contributed by atoms with Crippen LogP contribution in [0.25, 0.3) is 0 Å². The third-order valence-electron chi connectivity index (χ3n) is 8.81. The first-order chi connectivity index (χ1) is 13.0. The molecule has 0 aliphatic heterocycles. The molecule has 28 heavy (non-hydrogen) atoms. The van der Waals surface area contributed by atoms with Crippen LogP contribution in [0.4, 0.5) is 0 Å². The first kappa shape index (κ1) is 20.0. The molecule has 0 aromatic carbocycles. The zero-order chi connectivity index (χ0) is 20.6. The summed E-state index contributed by atoms with van der Waals surface area (Å²) >= 11 is 0. The maximum atomic E-state index is 13.4. The Morgan fingerprint density at radius 3 is 2.46 bits per heavy atom. The summed E-state index contributed by atoms with van der Waals surface area (Å²) in [5.74, 6) is -1.62. The lowest BCUT2D eigenvalue weighted by Crippen LogP contribution is -2.72. The number of fused-ring (bicyclic) bond motifs is 3. The number of carbonyl (C=O) groups is 2. The fourth-order valence-corrected chi connectivity index (χ4v) is 7.55. The predicted octanol–water partition coefficient (Wildman–Crippen LogP) is 1.61. The van der Waals surface area contributed by atoms with Crippen molar-refractivity contribution in [1.29, 1.82) is 0 Å². The molecule has 4 aliphatic rings. The Labute approximate surface area is 166 Å². The molecule has 0 heterocycles. The van der Waals surface area contributed by atoms with Gasteiger partial charge in [0.2, 0.25) is 0 Å². The van der Waals surface area contributed by atoms with E-state index in [4.69, 9.17) is 4.74 Å². The zero-order valence-corrected chi connectivity index (χ0v) is 17.0. The molecule has 4 saturated carbocycles. The maximum absolute atomic E-state index is 13.4. The molecule has 156 valence electrons. The quantitative estimate of drug-likeness (QED) is 0.487. The van der Waals surface area contributed by atoms with Crippen molar-refractivity contribution in [2.45, 2.75) is 71.2 Å². The maximum Gasteiger partial charge on any atom is 0.302 e. The fourth-order valence-electron chi connectivity index (χ4n) is 7.55. The third-order valence-corrected chi connectivity index (χ3v) is 8.81. The lowest BCUT2D eigenvalue weighted by Gasteiger charge is -2.66. The summed E-state index contributed by atoms with van der Waals surface area (Å²) in [6.45, 7) is 9.52. The normalized spacial score (nSPS) is 49.4. The number of esters is 1. The summed E-state index contributed by atoms with van der Waals surface area (Å²) < 4.78 is 5.49. The van der Waals surface area contributed by atoms with Gasteiger partial charge in [0.15, 0.2) is 5.78 Å². The van der Waals surface area contributed by atoms with Gasteiger partial charge < -0.3 is 20.1 Å². The Kier molecular flexibility index (Phi) is 4.39. The van der Waals surface area contributed by atoms with Gasteiger partial charge >= 0.3 is 5.97 Å². The molecule has 6 nitrogen and oxygen atoms in total. The number of hydrogen-bond donors (Lipinski definition) is 3. The van der Waals surface area contributed by atoms with Gasteiger partial charge in [-0.2, -0.15) is 0 Å². The van der Waals surface area contributed by atoms with Crippen molar-refractivity contribution in [1.82, 2.24) is 0 Å². The van der Waals surface area contributed by atoms with Crippen molar-refractivity contribution >= 4 is 11.8 Å². The molecule has 3 N–H and O–H groups in total. The topological polar surface area (TPSA) is 104 Å². The Hall–Kier alpha value is -1.24. The first-order valence-electron chi connectivity index (χ1n) is 10.4. The fraction of sp³-hybridized carbons (Fsp3) is 0.818. The third kappa shape index (κ3) is 2.20. The van der Waals surface area contributed by atoms with E-state index in [1.54, 1.807) is 0 Å². The number of ketones is 1. The van der Waals surface area contributed by atoms with Gasteiger partial charge in [0.1, 0.15) is 0 Å². The number of carbonyl (C=O) groups excluding carboxylic acids is 2. The van der Waals surface area contributed by atoms with Gasteiger partial charge in [0, 0.05) is 18.3 Å². The number of Topliss-reactive ketones (excluding diaryl/α,β-unsaturated/α-hetero) is 1. The minimum Gasteiger partial charge on any atom is -0.465 e. The largest absolute Gasteiger partial charge is 0.465 e. The summed E-state index contributed by atoms with van der Waals surface area (Å²) in [5, 5.41) is 33.8. The first-order valence-corrected chi connectivity index (χ1v) is 10.4. The van der Waals surface area contributed by atoms with Crippen molar-refractivity contribution in [3.05, 3.63) is 12.2 Å². The molecular weight excluding hydrogens is 360 g/mol. The van der Waals surface area contributed by atoms with Crippen LogP contribution >= 0.6 is 0 Å². The highest BCUT2D eigenvalue weighted by molar-refractivity contribution is 6.04. The summed E-state index contributed by atoms with van der Waals surface area (Å²) in [7, 11) is 0. The zero-order valence-electron chi connectivity index (χ0n) is 17.0. The summed E-state index contributed by atoms with van der Waals surface area (Å²) in [6, 6.07) is 0. The van der Waals surface area contributed by atoms with E-state index in [1.807, 2.05) is 0 Å². The average molecular weight is 392 g/mol. The number of hydrogen-bond acceptors (Lipinski definition) is 6. The van der Waals surface area contributed by atoms with Crippen molar-refractivity contribution < 1.29 is 29.6 Å². The number of ether oxygens (including phenoxy) is 1. The summed E-state index contributed by atoms with van der Waals surface area (Å²) in [6.07, 6.45) is 0.0486. The van der Waals surface area contributed by atoms with E-state index in [0.29, 0.717) is 31.3 Å². The molecule has 0 saturated heterocycles. The van der Waals surface area contributed by atoms with Crippen molar-refractivity contribution in [2.75, 3.05) is 6.61 Å². The molecule has 4 aliphatic carbocycles. The molecule has 4 rings (SSSR count). The van der Waals surface area contributed by atoms with E-state index in [2.05, 4.69) is 20.4 Å². The van der Waals surface area contributed by atoms with E-state index in [9.17, 15) is 24.9 Å². The minimum absolute atomic E-state index is 0.00781. The van der Waals surface area contributed by atoms with Gasteiger partial charge in [-0.1, -0.05) is 20.4 Å². The van der Waals surface area contributed by atoms with Crippen LogP contribution in [0.1, 0.15) is 52.9 Å². The van der Waals surface area contributed by atoms with Gasteiger partial charge in [-0.3, -0.25) is 9.59 Å². The van der Waals surface area contributed by atoms with Gasteiger partial charge in [-0.15, -0.1) is 0 Å². The molecular formula is C22H32O6. The lowest BCUT2D eigenvalue weighted by atomic mass is 9.38. The highest BCUT2D eigenvalue weighted by Gasteiger charge is 2.76. The minimum atomic E-state index is -1.36. The highest BCUT2D eigenvalue weighted by atomic mass is 16.5. The van der Waals surface area contributed by atoms with E-state index < -0.39 is 41.0 Å². The van der Waals surface area contributed by atoms with Crippen LogP contribution in [0.5, 0.6) is 0 Å². The van der Waals surface area contributed by atoms with Crippen LogP contribution in [0.3, 0.4) is 0 Å². The average Bonchev–Trinajstić information content (AvgIpc) is 2.73. The second-order valence-electron chi connectivity index (χ2n) is 10.2. The van der Waals surface area contributed by atoms with E-state index in [-0.39, 0.29) is 29.6 Å². The smallest absolute Gasteiger partial charge is 0.302 e. The molecule has 6 heteroatoms. The van der Waals surface area contributed by atoms with Crippen molar-refractivity contribution in [3.63, 3.8) is 0 Å². The summed E-state index contributed by atoms with van der Waals surface area (Å²) in [5.41, 5.74) is -2.02. The van der Waals surface area contributed by atoms with Crippen molar-refractivity contribution in [2.24, 2.45) is 34.0 Å². The second-order valence-corrected chi connectivity index (χ2v) is 10.2. The van der Waals surface area contributed by atoms with Gasteiger partial charge in [0.05, 0.1) is 30.3 Å². The Bertz CT molecular complexity index is 729. The molecule has 2 bridgehead atoms. The Morgan fingerprint density at radius 1 is 1.14 bits per heavy atom. The molecule has 0 aromatic rings. The Balaban J connectivity index is 1.92. The van der Waals surface area contributed by atoms with Crippen LogP contribution < -0.4 is 0 Å². The van der Waals surface area contributed by atoms with Crippen LogP contribution in [-0.4, -0.2) is 52.0 Å². The number of aliphatic hydroxyl groups is 3. The van der Waals surface area contributed by atoms with Gasteiger partial charge in [0.25, 0.3) is 0 Å². The molecule has 4 fully saturated rings. The van der Waals surface area contributed by atoms with E-state index in [1.165, 1.54) is 6.92 Å². The van der Waals surface area contributed by atoms with Gasteiger partial charge in [-0.05, 0) is 54.9 Å². The van der Waals surface area contributed by atoms with E-state index >= 15 is 0 Å². The highest BCUT2D eigenvalue weighted by Crippen LogP contribution is 2.71. The van der Waals surface area contributed by atoms with Crippen LogP contribution in [0, 0.1) is 34.0 Å².